The molecule has 0 aromatic heterocycles. The van der Waals surface area contributed by atoms with Crippen LogP contribution in [-0.2, 0) is 23.9 Å². The number of hydrogen-bond donors (Lipinski definition) is 4. The van der Waals surface area contributed by atoms with Gasteiger partial charge in [-0.1, -0.05) is 0 Å². The van der Waals surface area contributed by atoms with Gasteiger partial charge in [-0.3, -0.25) is 14.4 Å². The van der Waals surface area contributed by atoms with E-state index >= 15 is 0 Å². The molecule has 0 heterocycles. The molecule has 19 heavy (non-hydrogen) atoms. The van der Waals surface area contributed by atoms with Crippen molar-refractivity contribution in [1.29, 1.82) is 0 Å². The van der Waals surface area contributed by atoms with E-state index in [1.165, 1.54) is 13.8 Å². The minimum absolute atomic E-state index is 0.408. The fourth-order valence-corrected chi connectivity index (χ4v) is 0.916. The van der Waals surface area contributed by atoms with Gasteiger partial charge in [-0.15, -0.1) is 0 Å². The van der Waals surface area contributed by atoms with Crippen molar-refractivity contribution in [2.75, 3.05) is 6.61 Å². The van der Waals surface area contributed by atoms with Gasteiger partial charge in [-0.25, -0.2) is 0 Å². The summed E-state index contributed by atoms with van der Waals surface area (Å²) < 4.78 is 9.37. The number of carbonyl (C=O) groups is 3. The predicted molar refractivity (Wildman–Crippen MR) is 63.7 cm³/mol. The van der Waals surface area contributed by atoms with E-state index in [0.717, 1.165) is 0 Å². The average molecular weight is 277 g/mol. The zero-order valence-electron chi connectivity index (χ0n) is 10.7. The van der Waals surface area contributed by atoms with Crippen molar-refractivity contribution in [1.82, 2.24) is 0 Å². The van der Waals surface area contributed by atoms with Crippen molar-refractivity contribution in [3.63, 3.8) is 0 Å². The number of esters is 2. The Bertz CT molecular complexity index is 346. The Morgan fingerprint density at radius 1 is 1.11 bits per heavy atom. The highest BCUT2D eigenvalue weighted by Gasteiger charge is 2.26. The second-order valence-corrected chi connectivity index (χ2v) is 4.03. The van der Waals surface area contributed by atoms with Gasteiger partial charge in [0, 0.05) is 0 Å². The van der Waals surface area contributed by atoms with Crippen LogP contribution in [0.2, 0.25) is 0 Å². The lowest BCUT2D eigenvalue weighted by Gasteiger charge is -2.19. The Morgan fingerprint density at radius 2 is 1.63 bits per heavy atom. The van der Waals surface area contributed by atoms with E-state index in [1.807, 2.05) is 0 Å². The predicted octanol–water partition coefficient (Wildman–Crippen LogP) is -2.45. The van der Waals surface area contributed by atoms with Gasteiger partial charge in [0.1, 0.15) is 30.8 Å². The van der Waals surface area contributed by atoms with Crippen LogP contribution < -0.4 is 17.2 Å². The van der Waals surface area contributed by atoms with Gasteiger partial charge in [0.05, 0.1) is 0 Å². The number of aliphatic carboxylic acids is 1. The van der Waals surface area contributed by atoms with Gasteiger partial charge < -0.3 is 31.8 Å². The molecule has 0 saturated heterocycles. The molecule has 0 amide bonds. The molecule has 0 aromatic rings. The van der Waals surface area contributed by atoms with E-state index in [4.69, 9.17) is 27.0 Å². The van der Waals surface area contributed by atoms with E-state index in [-0.39, 0.29) is 0 Å². The maximum atomic E-state index is 11.4. The Labute approximate surface area is 110 Å². The Balaban J connectivity index is 4.20. The summed E-state index contributed by atoms with van der Waals surface area (Å²) in [5, 5.41) is 8.61. The zero-order valence-corrected chi connectivity index (χ0v) is 10.7. The van der Waals surface area contributed by atoms with Crippen molar-refractivity contribution in [2.24, 2.45) is 17.2 Å². The van der Waals surface area contributed by atoms with Crippen molar-refractivity contribution in [3.8, 4) is 0 Å². The molecule has 110 valence electrons. The molecule has 9 heteroatoms. The van der Waals surface area contributed by atoms with E-state index < -0.39 is 48.7 Å². The molecule has 0 aromatic carbocycles. The van der Waals surface area contributed by atoms with Gasteiger partial charge in [0.25, 0.3) is 0 Å². The molecule has 0 fully saturated rings. The molecule has 0 aliphatic heterocycles. The van der Waals surface area contributed by atoms with Crippen molar-refractivity contribution in [3.05, 3.63) is 0 Å². The van der Waals surface area contributed by atoms with Crippen LogP contribution in [0.1, 0.15) is 13.8 Å². The van der Waals surface area contributed by atoms with E-state index in [0.29, 0.717) is 0 Å². The van der Waals surface area contributed by atoms with Crippen molar-refractivity contribution >= 4 is 17.9 Å². The highest BCUT2D eigenvalue weighted by Crippen LogP contribution is 2.00. The third-order valence-corrected chi connectivity index (χ3v) is 2.17. The maximum Gasteiger partial charge on any atom is 0.326 e. The molecule has 0 aliphatic carbocycles. The monoisotopic (exact) mass is 277 g/mol. The van der Waals surface area contributed by atoms with Gasteiger partial charge in [-0.2, -0.15) is 0 Å². The minimum atomic E-state index is -1.36. The number of carboxylic acids is 1. The number of carbonyl (C=O) groups excluding carboxylic acids is 2. The van der Waals surface area contributed by atoms with Crippen LogP contribution in [0.15, 0.2) is 0 Å². The van der Waals surface area contributed by atoms with Crippen LogP contribution in [0.5, 0.6) is 0 Å². The lowest BCUT2D eigenvalue weighted by molar-refractivity contribution is -0.157. The molecule has 0 rings (SSSR count). The third kappa shape index (κ3) is 6.13. The lowest BCUT2D eigenvalue weighted by atomic mass is 10.2. The topological polar surface area (TPSA) is 168 Å². The summed E-state index contributed by atoms with van der Waals surface area (Å²) in [6.45, 7) is 2.33. The van der Waals surface area contributed by atoms with Gasteiger partial charge in [0.2, 0.25) is 0 Å². The average Bonchev–Trinajstić information content (AvgIpc) is 2.33. The number of hydrogen-bond acceptors (Lipinski definition) is 8. The van der Waals surface area contributed by atoms with Crippen LogP contribution in [0, 0.1) is 0 Å². The number of ether oxygens (including phenoxy) is 2. The van der Waals surface area contributed by atoms with Crippen LogP contribution in [0.4, 0.5) is 0 Å². The molecule has 9 nitrogen and oxygen atoms in total. The molecular formula is C10H19N3O6. The first-order valence-corrected chi connectivity index (χ1v) is 5.53. The Morgan fingerprint density at radius 3 is 2.05 bits per heavy atom. The van der Waals surface area contributed by atoms with E-state index in [2.05, 4.69) is 4.74 Å². The molecule has 0 spiro atoms. The Hall–Kier alpha value is -1.71. The number of carboxylic acid groups (broad SMARTS) is 1. The van der Waals surface area contributed by atoms with Crippen molar-refractivity contribution < 1.29 is 29.0 Å². The first kappa shape index (κ1) is 17.3. The molecule has 0 saturated carbocycles. The third-order valence-electron chi connectivity index (χ3n) is 2.17. The molecule has 0 aliphatic rings. The number of rotatable bonds is 7. The fourth-order valence-electron chi connectivity index (χ4n) is 0.916. The largest absolute Gasteiger partial charge is 0.480 e. The normalized spacial score (nSPS) is 16.9. The van der Waals surface area contributed by atoms with E-state index in [9.17, 15) is 14.4 Å². The smallest absolute Gasteiger partial charge is 0.326 e. The van der Waals surface area contributed by atoms with E-state index in [1.54, 1.807) is 0 Å². The summed E-state index contributed by atoms with van der Waals surface area (Å²) in [6, 6.07) is -3.42. The van der Waals surface area contributed by atoms with Gasteiger partial charge >= 0.3 is 17.9 Å². The molecule has 0 unspecified atom stereocenters. The first-order chi connectivity index (χ1) is 8.66. The maximum absolute atomic E-state index is 11.4. The molecule has 7 N–H and O–H groups in total. The van der Waals surface area contributed by atoms with Crippen LogP contribution in [0.25, 0.3) is 0 Å². The summed E-state index contributed by atoms with van der Waals surface area (Å²) in [5.41, 5.74) is 15.9. The van der Waals surface area contributed by atoms with Crippen LogP contribution in [0.3, 0.4) is 0 Å². The fraction of sp³-hybridized carbons (Fsp3) is 0.700. The molecular weight excluding hydrogens is 258 g/mol. The quantitative estimate of drug-likeness (QED) is 0.369. The molecule has 0 bridgehead atoms. The summed E-state index contributed by atoms with van der Waals surface area (Å²) in [6.07, 6.45) is -1.06. The summed E-state index contributed by atoms with van der Waals surface area (Å²) in [4.78, 5) is 33.0. The zero-order chi connectivity index (χ0) is 15.2. The lowest BCUT2D eigenvalue weighted by Crippen LogP contribution is -2.46. The summed E-state index contributed by atoms with van der Waals surface area (Å²) in [7, 11) is 0. The van der Waals surface area contributed by atoms with Gasteiger partial charge in [-0.05, 0) is 13.8 Å². The highest BCUT2D eigenvalue weighted by atomic mass is 16.6. The molecule has 0 radical (unpaired) electrons. The first-order valence-electron chi connectivity index (χ1n) is 5.53. The standard InChI is InChI=1S/C10H19N3O6/c1-4(11)9(16)18-3-6(12)10(17)19-5(2)7(13)8(14)15/h4-7H,3,11-13H2,1-2H3,(H,14,15)/t4-,5+,6-,7-/m0/s1. The SMILES string of the molecule is C[C@H](N)C(=O)OC[C@H](N)C(=O)O[C@H](C)[C@H](N)C(=O)O. The van der Waals surface area contributed by atoms with Crippen LogP contribution in [-0.4, -0.2) is 53.9 Å². The Kier molecular flexibility index (Phi) is 6.98. The second kappa shape index (κ2) is 7.67. The number of nitrogens with two attached hydrogens (primary N) is 3. The summed E-state index contributed by atoms with van der Waals surface area (Å²) >= 11 is 0. The van der Waals surface area contributed by atoms with Gasteiger partial charge in [0.15, 0.2) is 0 Å². The van der Waals surface area contributed by atoms with Crippen LogP contribution >= 0.6 is 0 Å². The minimum Gasteiger partial charge on any atom is -0.480 e. The molecule has 4 atom stereocenters. The highest BCUT2D eigenvalue weighted by molar-refractivity contribution is 5.79. The second-order valence-electron chi connectivity index (χ2n) is 4.03. The van der Waals surface area contributed by atoms with Crippen molar-refractivity contribution in [2.45, 2.75) is 38.1 Å². The summed E-state index contributed by atoms with van der Waals surface area (Å²) in [5.74, 6) is -2.93.